The Kier molecular flexibility index (Phi) is 6.10. The third-order valence-corrected chi connectivity index (χ3v) is 3.38. The molecular weight excluding hydrogens is 272 g/mol. The van der Waals surface area contributed by atoms with Gasteiger partial charge in [0, 0.05) is 18.7 Å². The molecule has 116 valence electrons. The number of nitro benzene ring substituents is 1. The molecule has 0 spiro atoms. The summed E-state index contributed by atoms with van der Waals surface area (Å²) >= 11 is 0. The highest BCUT2D eigenvalue weighted by Crippen LogP contribution is 2.24. The second-order valence-electron chi connectivity index (χ2n) is 5.18. The van der Waals surface area contributed by atoms with Crippen LogP contribution in [0, 0.1) is 10.1 Å². The third-order valence-electron chi connectivity index (χ3n) is 3.38. The molecule has 3 N–H and O–H groups in total. The molecule has 0 aliphatic carbocycles. The maximum Gasteiger partial charge on any atom is 0.292 e. The van der Waals surface area contributed by atoms with Gasteiger partial charge >= 0.3 is 0 Å². The molecule has 0 aromatic heterocycles. The van der Waals surface area contributed by atoms with Crippen molar-refractivity contribution >= 4 is 17.3 Å². The van der Waals surface area contributed by atoms with Gasteiger partial charge < -0.3 is 16.0 Å². The lowest BCUT2D eigenvalue weighted by Crippen LogP contribution is -2.31. The number of anilines is 1. The SMILES string of the molecule is CC(C)N(C)CCCNC(=O)c1cccc([N+](=O)[O-])c1N. The number of nitrogens with zero attached hydrogens (tertiary/aromatic N) is 2. The summed E-state index contributed by atoms with van der Waals surface area (Å²) in [4.78, 5) is 24.4. The van der Waals surface area contributed by atoms with Crippen LogP contribution in [-0.2, 0) is 0 Å². The minimum Gasteiger partial charge on any atom is -0.393 e. The van der Waals surface area contributed by atoms with E-state index in [1.165, 1.54) is 18.2 Å². The molecule has 0 radical (unpaired) electrons. The fourth-order valence-corrected chi connectivity index (χ4v) is 1.79. The molecule has 1 aromatic carbocycles. The number of benzene rings is 1. The first-order chi connectivity index (χ1) is 9.84. The maximum absolute atomic E-state index is 12.0. The van der Waals surface area contributed by atoms with Crippen LogP contribution in [0.2, 0.25) is 0 Å². The van der Waals surface area contributed by atoms with Crippen LogP contribution in [0.5, 0.6) is 0 Å². The fourth-order valence-electron chi connectivity index (χ4n) is 1.79. The maximum atomic E-state index is 12.0. The van der Waals surface area contributed by atoms with E-state index in [0.29, 0.717) is 12.6 Å². The molecule has 7 nitrogen and oxygen atoms in total. The Morgan fingerprint density at radius 2 is 2.14 bits per heavy atom. The van der Waals surface area contributed by atoms with Crippen molar-refractivity contribution in [1.29, 1.82) is 0 Å². The summed E-state index contributed by atoms with van der Waals surface area (Å²) in [6.07, 6.45) is 0.801. The van der Waals surface area contributed by atoms with Crippen LogP contribution >= 0.6 is 0 Å². The highest BCUT2D eigenvalue weighted by atomic mass is 16.6. The Labute approximate surface area is 124 Å². The Bertz CT molecular complexity index is 517. The van der Waals surface area contributed by atoms with Crippen molar-refractivity contribution in [3.05, 3.63) is 33.9 Å². The summed E-state index contributed by atoms with van der Waals surface area (Å²) in [7, 11) is 2.02. The number of carbonyl (C=O) groups is 1. The Balaban J connectivity index is 2.57. The van der Waals surface area contributed by atoms with Crippen LogP contribution in [0.1, 0.15) is 30.6 Å². The summed E-state index contributed by atoms with van der Waals surface area (Å²) in [5.41, 5.74) is 5.46. The quantitative estimate of drug-likeness (QED) is 0.344. The molecule has 0 saturated carbocycles. The topological polar surface area (TPSA) is 102 Å². The minimum atomic E-state index is -0.594. The van der Waals surface area contributed by atoms with E-state index in [2.05, 4.69) is 24.1 Å². The van der Waals surface area contributed by atoms with Gasteiger partial charge in [-0.15, -0.1) is 0 Å². The van der Waals surface area contributed by atoms with Crippen LogP contribution in [0.3, 0.4) is 0 Å². The molecule has 1 amide bonds. The standard InChI is InChI=1S/C14H22N4O3/c1-10(2)17(3)9-5-8-16-14(19)11-6-4-7-12(13(11)15)18(20)21/h4,6-7,10H,5,8-9,15H2,1-3H3,(H,16,19). The van der Waals surface area contributed by atoms with Crippen molar-refractivity contribution in [2.75, 3.05) is 25.9 Å². The second kappa shape index (κ2) is 7.58. The van der Waals surface area contributed by atoms with E-state index in [0.717, 1.165) is 13.0 Å². The van der Waals surface area contributed by atoms with Crippen molar-refractivity contribution in [3.8, 4) is 0 Å². The number of amides is 1. The van der Waals surface area contributed by atoms with Gasteiger partial charge in [0.25, 0.3) is 11.6 Å². The predicted molar refractivity (Wildman–Crippen MR) is 82.2 cm³/mol. The van der Waals surface area contributed by atoms with Gasteiger partial charge in [0.05, 0.1) is 10.5 Å². The van der Waals surface area contributed by atoms with Crippen molar-refractivity contribution in [3.63, 3.8) is 0 Å². The van der Waals surface area contributed by atoms with E-state index >= 15 is 0 Å². The third kappa shape index (κ3) is 4.71. The number of carbonyl (C=O) groups excluding carboxylic acids is 1. The number of nitro groups is 1. The number of rotatable bonds is 7. The van der Waals surface area contributed by atoms with Gasteiger partial charge in [-0.2, -0.15) is 0 Å². The first-order valence-corrected chi connectivity index (χ1v) is 6.86. The van der Waals surface area contributed by atoms with E-state index < -0.39 is 4.92 Å². The van der Waals surface area contributed by atoms with Crippen LogP contribution < -0.4 is 11.1 Å². The highest BCUT2D eigenvalue weighted by Gasteiger charge is 2.18. The van der Waals surface area contributed by atoms with Gasteiger partial charge in [0.15, 0.2) is 0 Å². The lowest BCUT2D eigenvalue weighted by Gasteiger charge is -2.20. The number of hydrogen-bond donors (Lipinski definition) is 2. The smallest absolute Gasteiger partial charge is 0.292 e. The molecular formula is C14H22N4O3. The van der Waals surface area contributed by atoms with Gasteiger partial charge in [-0.1, -0.05) is 6.07 Å². The molecule has 0 heterocycles. The second-order valence-corrected chi connectivity index (χ2v) is 5.18. The number of para-hydroxylation sites is 1. The Morgan fingerprint density at radius 3 is 2.71 bits per heavy atom. The van der Waals surface area contributed by atoms with Crippen LogP contribution in [0.25, 0.3) is 0 Å². The van der Waals surface area contributed by atoms with Crippen molar-refractivity contribution in [2.45, 2.75) is 26.3 Å². The molecule has 0 atom stereocenters. The van der Waals surface area contributed by atoms with Gasteiger partial charge in [-0.3, -0.25) is 14.9 Å². The number of nitrogens with one attached hydrogen (secondary N) is 1. The Morgan fingerprint density at radius 1 is 1.48 bits per heavy atom. The molecule has 0 aliphatic rings. The average Bonchev–Trinajstić information content (AvgIpc) is 2.42. The van der Waals surface area contributed by atoms with Gasteiger partial charge in [0.1, 0.15) is 5.69 Å². The summed E-state index contributed by atoms with van der Waals surface area (Å²) in [5, 5.41) is 13.5. The lowest BCUT2D eigenvalue weighted by atomic mass is 10.1. The van der Waals surface area contributed by atoms with E-state index in [4.69, 9.17) is 5.73 Å². The molecule has 0 bridgehead atoms. The molecule has 1 aromatic rings. The largest absolute Gasteiger partial charge is 0.393 e. The predicted octanol–water partition coefficient (Wildman–Crippen LogP) is 1.64. The zero-order valence-corrected chi connectivity index (χ0v) is 12.6. The summed E-state index contributed by atoms with van der Waals surface area (Å²) in [6.45, 7) is 5.56. The van der Waals surface area contributed by atoms with Gasteiger partial charge in [-0.25, -0.2) is 0 Å². The molecule has 0 unspecified atom stereocenters. The van der Waals surface area contributed by atoms with Crippen LogP contribution in [-0.4, -0.2) is 41.9 Å². The van der Waals surface area contributed by atoms with Gasteiger partial charge in [0.2, 0.25) is 0 Å². The van der Waals surface area contributed by atoms with E-state index in [1.54, 1.807) is 0 Å². The van der Waals surface area contributed by atoms with Crippen LogP contribution in [0.15, 0.2) is 18.2 Å². The van der Waals surface area contributed by atoms with E-state index in [1.807, 2.05) is 7.05 Å². The summed E-state index contributed by atoms with van der Waals surface area (Å²) in [6, 6.07) is 4.67. The highest BCUT2D eigenvalue weighted by molar-refractivity contribution is 6.00. The molecule has 0 fully saturated rings. The molecule has 21 heavy (non-hydrogen) atoms. The number of nitrogens with two attached hydrogens (primary N) is 1. The zero-order valence-electron chi connectivity index (χ0n) is 12.6. The average molecular weight is 294 g/mol. The number of hydrogen-bond acceptors (Lipinski definition) is 5. The van der Waals surface area contributed by atoms with Crippen molar-refractivity contribution in [2.24, 2.45) is 0 Å². The number of nitrogen functional groups attached to an aromatic ring is 1. The van der Waals surface area contributed by atoms with Crippen molar-refractivity contribution in [1.82, 2.24) is 10.2 Å². The first-order valence-electron chi connectivity index (χ1n) is 6.86. The Hall–Kier alpha value is -2.15. The molecule has 1 rings (SSSR count). The van der Waals surface area contributed by atoms with E-state index in [-0.39, 0.29) is 22.8 Å². The normalized spacial score (nSPS) is 10.9. The monoisotopic (exact) mass is 294 g/mol. The first kappa shape index (κ1) is 16.9. The molecule has 7 heteroatoms. The zero-order chi connectivity index (χ0) is 16.0. The fraction of sp³-hybridized carbons (Fsp3) is 0.500. The van der Waals surface area contributed by atoms with E-state index in [9.17, 15) is 14.9 Å². The van der Waals surface area contributed by atoms with Gasteiger partial charge in [-0.05, 0) is 39.9 Å². The molecule has 0 aliphatic heterocycles. The summed E-state index contributed by atoms with van der Waals surface area (Å²) < 4.78 is 0. The lowest BCUT2D eigenvalue weighted by molar-refractivity contribution is -0.383. The van der Waals surface area contributed by atoms with Crippen LogP contribution in [0.4, 0.5) is 11.4 Å². The molecule has 0 saturated heterocycles. The van der Waals surface area contributed by atoms with Crippen molar-refractivity contribution < 1.29 is 9.72 Å². The minimum absolute atomic E-state index is 0.0979. The summed E-state index contributed by atoms with van der Waals surface area (Å²) in [5.74, 6) is -0.386.